The molecule has 3 N–H and O–H groups in total. The summed E-state index contributed by atoms with van der Waals surface area (Å²) in [5.41, 5.74) is 8.76. The summed E-state index contributed by atoms with van der Waals surface area (Å²) in [5, 5.41) is 10.8. The predicted molar refractivity (Wildman–Crippen MR) is 78.6 cm³/mol. The standard InChI is InChI=1S/C16H12N2O2/c17-12-5-3-10(4-6-12)14-8-11(9-19)16(20)15-13(14)2-1-7-18-15/h1-9,20H,17H2. The summed E-state index contributed by atoms with van der Waals surface area (Å²) in [6, 6.07) is 12.7. The normalized spacial score (nSPS) is 10.6. The number of aromatic nitrogens is 1. The Bertz CT molecular complexity index is 795. The van der Waals surface area contributed by atoms with E-state index in [-0.39, 0.29) is 11.3 Å². The first kappa shape index (κ1) is 12.2. The quantitative estimate of drug-likeness (QED) is 0.551. The van der Waals surface area contributed by atoms with Crippen LogP contribution in [0.25, 0.3) is 22.0 Å². The van der Waals surface area contributed by atoms with Gasteiger partial charge in [-0.05, 0) is 35.4 Å². The second-order valence-corrected chi connectivity index (χ2v) is 4.50. The summed E-state index contributed by atoms with van der Waals surface area (Å²) in [6.45, 7) is 0. The lowest BCUT2D eigenvalue weighted by Gasteiger charge is -2.10. The molecule has 0 fully saturated rings. The molecule has 0 radical (unpaired) electrons. The SMILES string of the molecule is Nc1ccc(-c2cc(C=O)c(O)c3ncccc23)cc1. The lowest BCUT2D eigenvalue weighted by Crippen LogP contribution is -1.91. The molecular weight excluding hydrogens is 252 g/mol. The number of phenols is 1. The highest BCUT2D eigenvalue weighted by Crippen LogP contribution is 2.35. The molecule has 0 amide bonds. The highest BCUT2D eigenvalue weighted by Gasteiger charge is 2.12. The molecule has 4 heteroatoms. The number of benzene rings is 2. The molecule has 3 aromatic rings. The Morgan fingerprint density at radius 3 is 2.60 bits per heavy atom. The average molecular weight is 264 g/mol. The number of aromatic hydroxyl groups is 1. The van der Waals surface area contributed by atoms with Crippen molar-refractivity contribution in [3.05, 3.63) is 54.2 Å². The van der Waals surface area contributed by atoms with Crippen molar-refractivity contribution >= 4 is 22.9 Å². The van der Waals surface area contributed by atoms with Crippen molar-refractivity contribution in [3.63, 3.8) is 0 Å². The monoisotopic (exact) mass is 264 g/mol. The molecule has 1 heterocycles. The Morgan fingerprint density at radius 2 is 1.90 bits per heavy atom. The summed E-state index contributed by atoms with van der Waals surface area (Å²) >= 11 is 0. The number of anilines is 1. The van der Waals surface area contributed by atoms with Crippen molar-refractivity contribution < 1.29 is 9.90 Å². The predicted octanol–water partition coefficient (Wildman–Crippen LogP) is 3.00. The molecule has 0 spiro atoms. The molecule has 0 saturated carbocycles. The largest absolute Gasteiger partial charge is 0.505 e. The van der Waals surface area contributed by atoms with E-state index in [9.17, 15) is 9.90 Å². The minimum Gasteiger partial charge on any atom is -0.505 e. The van der Waals surface area contributed by atoms with Crippen molar-refractivity contribution in [1.82, 2.24) is 4.98 Å². The van der Waals surface area contributed by atoms with Gasteiger partial charge in [0.15, 0.2) is 12.0 Å². The van der Waals surface area contributed by atoms with Crippen molar-refractivity contribution in [1.29, 1.82) is 0 Å². The van der Waals surface area contributed by atoms with Gasteiger partial charge in [-0.25, -0.2) is 0 Å². The zero-order chi connectivity index (χ0) is 14.1. The van der Waals surface area contributed by atoms with Crippen LogP contribution in [0, 0.1) is 0 Å². The highest BCUT2D eigenvalue weighted by atomic mass is 16.3. The first-order valence-corrected chi connectivity index (χ1v) is 6.12. The molecule has 0 aliphatic carbocycles. The third-order valence-electron chi connectivity index (χ3n) is 3.24. The fourth-order valence-corrected chi connectivity index (χ4v) is 2.24. The van der Waals surface area contributed by atoms with Gasteiger partial charge in [0.1, 0.15) is 5.52 Å². The highest BCUT2D eigenvalue weighted by molar-refractivity contribution is 6.02. The Labute approximate surface area is 115 Å². The number of rotatable bonds is 2. The zero-order valence-electron chi connectivity index (χ0n) is 10.6. The Balaban J connectivity index is 2.37. The molecular formula is C16H12N2O2. The van der Waals surface area contributed by atoms with Gasteiger partial charge in [-0.15, -0.1) is 0 Å². The molecule has 0 atom stereocenters. The van der Waals surface area contributed by atoms with Gasteiger partial charge >= 0.3 is 0 Å². The molecule has 0 aliphatic rings. The van der Waals surface area contributed by atoms with Crippen molar-refractivity contribution in [2.45, 2.75) is 0 Å². The first-order chi connectivity index (χ1) is 9.70. The minimum atomic E-state index is -0.0882. The van der Waals surface area contributed by atoms with Gasteiger partial charge in [0.05, 0.1) is 5.56 Å². The number of hydrogen-bond acceptors (Lipinski definition) is 4. The van der Waals surface area contributed by atoms with E-state index in [0.29, 0.717) is 17.5 Å². The molecule has 1 aromatic heterocycles. The number of pyridine rings is 1. The lowest BCUT2D eigenvalue weighted by molar-refractivity contribution is 0.112. The van der Waals surface area contributed by atoms with Crippen LogP contribution < -0.4 is 5.73 Å². The van der Waals surface area contributed by atoms with E-state index >= 15 is 0 Å². The second kappa shape index (κ2) is 4.66. The molecule has 4 nitrogen and oxygen atoms in total. The van der Waals surface area contributed by atoms with E-state index in [1.165, 1.54) is 0 Å². The third kappa shape index (κ3) is 1.87. The van der Waals surface area contributed by atoms with Crippen LogP contribution in [0.15, 0.2) is 48.7 Å². The van der Waals surface area contributed by atoms with E-state index in [4.69, 9.17) is 5.73 Å². The van der Waals surface area contributed by atoms with Crippen molar-refractivity contribution in [2.24, 2.45) is 0 Å². The molecule has 3 rings (SSSR count). The van der Waals surface area contributed by atoms with Gasteiger partial charge in [0.25, 0.3) is 0 Å². The number of carbonyl (C=O) groups is 1. The van der Waals surface area contributed by atoms with Crippen LogP contribution in [-0.2, 0) is 0 Å². The molecule has 2 aromatic carbocycles. The topological polar surface area (TPSA) is 76.2 Å². The number of aldehydes is 1. The number of nitrogen functional groups attached to an aromatic ring is 1. The van der Waals surface area contributed by atoms with Crippen LogP contribution in [0.3, 0.4) is 0 Å². The van der Waals surface area contributed by atoms with Gasteiger partial charge in [-0.3, -0.25) is 9.78 Å². The van der Waals surface area contributed by atoms with Crippen LogP contribution in [-0.4, -0.2) is 16.4 Å². The lowest BCUT2D eigenvalue weighted by atomic mass is 9.97. The Hall–Kier alpha value is -2.88. The zero-order valence-corrected chi connectivity index (χ0v) is 10.6. The molecule has 20 heavy (non-hydrogen) atoms. The maximum atomic E-state index is 11.1. The van der Waals surface area contributed by atoms with E-state index in [1.807, 2.05) is 18.2 Å². The smallest absolute Gasteiger partial charge is 0.153 e. The van der Waals surface area contributed by atoms with E-state index < -0.39 is 0 Å². The first-order valence-electron chi connectivity index (χ1n) is 6.12. The number of nitrogens with two attached hydrogens (primary N) is 1. The number of nitrogens with zero attached hydrogens (tertiary/aromatic N) is 1. The van der Waals surface area contributed by atoms with Crippen molar-refractivity contribution in [2.75, 3.05) is 5.73 Å². The fourth-order valence-electron chi connectivity index (χ4n) is 2.24. The molecule has 98 valence electrons. The summed E-state index contributed by atoms with van der Waals surface area (Å²) in [6.07, 6.45) is 2.22. The summed E-state index contributed by atoms with van der Waals surface area (Å²) in [4.78, 5) is 15.3. The Kier molecular flexibility index (Phi) is 2.84. The fraction of sp³-hybridized carbons (Fsp3) is 0. The van der Waals surface area contributed by atoms with Gasteiger partial charge in [0.2, 0.25) is 0 Å². The van der Waals surface area contributed by atoms with Crippen LogP contribution in [0.5, 0.6) is 5.75 Å². The third-order valence-corrected chi connectivity index (χ3v) is 3.24. The van der Waals surface area contributed by atoms with Crippen LogP contribution in [0.1, 0.15) is 10.4 Å². The maximum Gasteiger partial charge on any atom is 0.153 e. The van der Waals surface area contributed by atoms with E-state index in [1.54, 1.807) is 30.5 Å². The van der Waals surface area contributed by atoms with E-state index in [0.717, 1.165) is 16.5 Å². The number of phenolic OH excluding ortho intramolecular Hbond substituents is 1. The van der Waals surface area contributed by atoms with Gasteiger partial charge in [-0.1, -0.05) is 18.2 Å². The number of fused-ring (bicyclic) bond motifs is 1. The number of carbonyl (C=O) groups excluding carboxylic acids is 1. The molecule has 0 unspecified atom stereocenters. The molecule has 0 bridgehead atoms. The summed E-state index contributed by atoms with van der Waals surface area (Å²) in [5.74, 6) is -0.0882. The minimum absolute atomic E-state index is 0.0882. The summed E-state index contributed by atoms with van der Waals surface area (Å²) in [7, 11) is 0. The van der Waals surface area contributed by atoms with E-state index in [2.05, 4.69) is 4.98 Å². The number of hydrogen-bond donors (Lipinski definition) is 2. The van der Waals surface area contributed by atoms with Gasteiger partial charge in [0, 0.05) is 17.3 Å². The van der Waals surface area contributed by atoms with Crippen LogP contribution in [0.4, 0.5) is 5.69 Å². The van der Waals surface area contributed by atoms with Crippen LogP contribution >= 0.6 is 0 Å². The molecule has 0 aliphatic heterocycles. The van der Waals surface area contributed by atoms with Gasteiger partial charge < -0.3 is 10.8 Å². The van der Waals surface area contributed by atoms with Crippen LogP contribution in [0.2, 0.25) is 0 Å². The average Bonchev–Trinajstić information content (AvgIpc) is 2.49. The molecule has 0 saturated heterocycles. The maximum absolute atomic E-state index is 11.1. The second-order valence-electron chi connectivity index (χ2n) is 4.50. The van der Waals surface area contributed by atoms with Crippen molar-refractivity contribution in [3.8, 4) is 16.9 Å². The Morgan fingerprint density at radius 1 is 1.15 bits per heavy atom. The van der Waals surface area contributed by atoms with Gasteiger partial charge in [-0.2, -0.15) is 0 Å². The summed E-state index contributed by atoms with van der Waals surface area (Å²) < 4.78 is 0.